The molecule has 0 atom stereocenters. The Hall–Kier alpha value is -1.24. The van der Waals surface area contributed by atoms with Crippen molar-refractivity contribution >= 4 is 0 Å². The normalized spacial score (nSPS) is 11.0. The third-order valence-electron chi connectivity index (χ3n) is 2.68. The third kappa shape index (κ3) is 5.39. The zero-order chi connectivity index (χ0) is 13.5. The van der Waals surface area contributed by atoms with Crippen LogP contribution in [-0.4, -0.2) is 6.61 Å². The molecule has 0 aliphatic rings. The second-order valence-electron chi connectivity index (χ2n) is 5.78. The first kappa shape index (κ1) is 14.8. The summed E-state index contributed by atoms with van der Waals surface area (Å²) >= 11 is 0. The summed E-state index contributed by atoms with van der Waals surface area (Å²) in [7, 11) is 0. The Kier molecular flexibility index (Phi) is 5.97. The fraction of sp³-hybridized carbons (Fsp3) is 0.529. The predicted octanol–water partition coefficient (Wildman–Crippen LogP) is 4.65. The van der Waals surface area contributed by atoms with E-state index in [9.17, 15) is 0 Å². The molecule has 18 heavy (non-hydrogen) atoms. The molecule has 0 aliphatic heterocycles. The number of hydrogen-bond donors (Lipinski definition) is 0. The van der Waals surface area contributed by atoms with Gasteiger partial charge in [-0.25, -0.2) is 0 Å². The second kappa shape index (κ2) is 7.25. The van der Waals surface area contributed by atoms with Gasteiger partial charge in [-0.15, -0.1) is 0 Å². The van der Waals surface area contributed by atoms with E-state index in [4.69, 9.17) is 4.74 Å². The minimum absolute atomic E-state index is 0.576. The quantitative estimate of drug-likeness (QED) is 0.636. The Morgan fingerprint density at radius 3 is 1.89 bits per heavy atom. The van der Waals surface area contributed by atoms with Crippen LogP contribution in [-0.2, 0) is 12.8 Å². The first-order valence-corrected chi connectivity index (χ1v) is 6.87. The number of benzene rings is 1. The maximum atomic E-state index is 5.68. The monoisotopic (exact) mass is 246 g/mol. The van der Waals surface area contributed by atoms with E-state index in [1.165, 1.54) is 11.1 Å². The molecule has 0 heterocycles. The van der Waals surface area contributed by atoms with Gasteiger partial charge in [-0.3, -0.25) is 0 Å². The van der Waals surface area contributed by atoms with Gasteiger partial charge in [0.1, 0.15) is 12.4 Å². The molecule has 100 valence electrons. The highest BCUT2D eigenvalue weighted by Gasteiger charge is 2.06. The van der Waals surface area contributed by atoms with Crippen LogP contribution in [0.5, 0.6) is 5.75 Å². The molecule has 0 amide bonds. The Labute approximate surface area is 112 Å². The van der Waals surface area contributed by atoms with Crippen LogP contribution >= 0.6 is 0 Å². The van der Waals surface area contributed by atoms with Crippen molar-refractivity contribution in [3.63, 3.8) is 0 Å². The maximum Gasteiger partial charge on any atom is 0.120 e. The van der Waals surface area contributed by atoms with Gasteiger partial charge in [-0.1, -0.05) is 46.4 Å². The highest BCUT2D eigenvalue weighted by atomic mass is 16.5. The largest absolute Gasteiger partial charge is 0.490 e. The molecule has 0 saturated carbocycles. The number of hydrogen-bond acceptors (Lipinski definition) is 1. The first-order chi connectivity index (χ1) is 8.51. The maximum absolute atomic E-state index is 5.68. The van der Waals surface area contributed by atoms with E-state index < -0.39 is 0 Å². The first-order valence-electron chi connectivity index (χ1n) is 6.87. The average Bonchev–Trinajstić information content (AvgIpc) is 2.24. The fourth-order valence-electron chi connectivity index (χ4n) is 2.15. The highest BCUT2D eigenvalue weighted by molar-refractivity contribution is 5.35. The Morgan fingerprint density at radius 1 is 1.00 bits per heavy atom. The van der Waals surface area contributed by atoms with Crippen LogP contribution in [0.4, 0.5) is 0 Å². The zero-order valence-corrected chi connectivity index (χ0v) is 12.2. The lowest BCUT2D eigenvalue weighted by atomic mass is 9.96. The van der Waals surface area contributed by atoms with Gasteiger partial charge in [0.15, 0.2) is 0 Å². The molecule has 0 aliphatic carbocycles. The average molecular weight is 246 g/mol. The molecule has 0 saturated heterocycles. The van der Waals surface area contributed by atoms with Crippen LogP contribution in [0.25, 0.3) is 0 Å². The van der Waals surface area contributed by atoms with Gasteiger partial charge in [0.2, 0.25) is 0 Å². The van der Waals surface area contributed by atoms with Crippen molar-refractivity contribution in [2.24, 2.45) is 11.8 Å². The highest BCUT2D eigenvalue weighted by Crippen LogP contribution is 2.22. The molecule has 0 aromatic heterocycles. The van der Waals surface area contributed by atoms with Crippen LogP contribution in [0.15, 0.2) is 30.9 Å². The minimum Gasteiger partial charge on any atom is -0.490 e. The van der Waals surface area contributed by atoms with Gasteiger partial charge in [0, 0.05) is 0 Å². The van der Waals surface area contributed by atoms with E-state index in [-0.39, 0.29) is 0 Å². The summed E-state index contributed by atoms with van der Waals surface area (Å²) in [6, 6.07) is 6.64. The van der Waals surface area contributed by atoms with Crippen molar-refractivity contribution in [2.75, 3.05) is 6.61 Å². The summed E-state index contributed by atoms with van der Waals surface area (Å²) in [5.41, 5.74) is 2.75. The number of ether oxygens (including phenoxy) is 1. The third-order valence-corrected chi connectivity index (χ3v) is 2.68. The topological polar surface area (TPSA) is 9.23 Å². The summed E-state index contributed by atoms with van der Waals surface area (Å²) in [5, 5.41) is 0. The van der Waals surface area contributed by atoms with Crippen LogP contribution in [0.1, 0.15) is 38.8 Å². The van der Waals surface area contributed by atoms with E-state index in [2.05, 4.69) is 52.5 Å². The summed E-state index contributed by atoms with van der Waals surface area (Å²) in [4.78, 5) is 0. The van der Waals surface area contributed by atoms with E-state index in [1.807, 2.05) is 0 Å². The van der Waals surface area contributed by atoms with Gasteiger partial charge in [0.25, 0.3) is 0 Å². The van der Waals surface area contributed by atoms with Crippen molar-refractivity contribution in [3.05, 3.63) is 42.0 Å². The molecule has 0 N–H and O–H groups in total. The van der Waals surface area contributed by atoms with E-state index >= 15 is 0 Å². The van der Waals surface area contributed by atoms with Crippen molar-refractivity contribution in [1.29, 1.82) is 0 Å². The van der Waals surface area contributed by atoms with Gasteiger partial charge < -0.3 is 4.74 Å². The number of rotatable bonds is 7. The van der Waals surface area contributed by atoms with E-state index in [0.717, 1.165) is 18.6 Å². The van der Waals surface area contributed by atoms with Crippen molar-refractivity contribution in [1.82, 2.24) is 0 Å². The Morgan fingerprint density at radius 2 is 1.50 bits per heavy atom. The Balaban J connectivity index is 2.91. The molecule has 1 heteroatoms. The van der Waals surface area contributed by atoms with E-state index in [1.54, 1.807) is 6.08 Å². The zero-order valence-electron chi connectivity index (χ0n) is 12.2. The molecular formula is C17H26O. The Bertz CT molecular complexity index is 349. The summed E-state index contributed by atoms with van der Waals surface area (Å²) in [6.45, 7) is 13.3. The smallest absolute Gasteiger partial charge is 0.120 e. The summed E-state index contributed by atoms with van der Waals surface area (Å²) in [6.07, 6.45) is 4.00. The van der Waals surface area contributed by atoms with Gasteiger partial charge >= 0.3 is 0 Å². The molecule has 1 aromatic rings. The molecule has 1 aromatic carbocycles. The van der Waals surface area contributed by atoms with Crippen LogP contribution in [0.3, 0.4) is 0 Å². The van der Waals surface area contributed by atoms with E-state index in [0.29, 0.717) is 18.4 Å². The predicted molar refractivity (Wildman–Crippen MR) is 79.2 cm³/mol. The summed E-state index contributed by atoms with van der Waals surface area (Å²) < 4.78 is 5.68. The lowest BCUT2D eigenvalue weighted by molar-refractivity contribution is 0.362. The molecule has 1 rings (SSSR count). The molecule has 1 nitrogen and oxygen atoms in total. The second-order valence-corrected chi connectivity index (χ2v) is 5.78. The van der Waals surface area contributed by atoms with Gasteiger partial charge in [-0.05, 0) is 47.9 Å². The lowest BCUT2D eigenvalue weighted by Gasteiger charge is -2.13. The lowest BCUT2D eigenvalue weighted by Crippen LogP contribution is -2.01. The van der Waals surface area contributed by atoms with Crippen LogP contribution < -0.4 is 4.74 Å². The molecular weight excluding hydrogens is 220 g/mol. The van der Waals surface area contributed by atoms with Crippen molar-refractivity contribution in [3.8, 4) is 5.75 Å². The van der Waals surface area contributed by atoms with Crippen molar-refractivity contribution < 1.29 is 4.74 Å². The fourth-order valence-corrected chi connectivity index (χ4v) is 2.15. The van der Waals surface area contributed by atoms with Crippen molar-refractivity contribution in [2.45, 2.75) is 40.5 Å². The summed E-state index contributed by atoms with van der Waals surface area (Å²) in [5.74, 6) is 2.32. The van der Waals surface area contributed by atoms with Gasteiger partial charge in [0.05, 0.1) is 0 Å². The SMILES string of the molecule is C=CCOc1cc(CC(C)C)cc(CC(C)C)c1. The molecule has 0 unspecified atom stereocenters. The minimum atomic E-state index is 0.576. The molecule has 0 spiro atoms. The standard InChI is InChI=1S/C17H26O/c1-6-7-18-17-11-15(8-13(2)3)10-16(12-17)9-14(4)5/h6,10-14H,1,7-9H2,2-5H3. The molecule has 0 radical (unpaired) electrons. The molecule has 0 fully saturated rings. The van der Waals surface area contributed by atoms with Crippen LogP contribution in [0, 0.1) is 11.8 Å². The van der Waals surface area contributed by atoms with Crippen LogP contribution in [0.2, 0.25) is 0 Å². The van der Waals surface area contributed by atoms with Gasteiger partial charge in [-0.2, -0.15) is 0 Å². The molecule has 0 bridgehead atoms.